The molecule has 0 aliphatic carbocycles. The standard InChI is InChI=1S/C15H14BrN3S/c16-13-6-5-10-8-12(4-3-11(10)9-13)15-19-18-14(20-15)2-1-7-17/h3-6,8-9H,1-2,7,17H2. The van der Waals surface area contributed by atoms with Gasteiger partial charge in [-0.05, 0) is 41.9 Å². The highest BCUT2D eigenvalue weighted by molar-refractivity contribution is 9.10. The molecule has 0 amide bonds. The maximum atomic E-state index is 5.52. The number of nitrogens with zero attached hydrogens (tertiary/aromatic N) is 2. The second-order valence-electron chi connectivity index (χ2n) is 4.60. The van der Waals surface area contributed by atoms with E-state index in [0.717, 1.165) is 32.9 Å². The van der Waals surface area contributed by atoms with Gasteiger partial charge in [-0.15, -0.1) is 10.2 Å². The zero-order valence-electron chi connectivity index (χ0n) is 10.8. The summed E-state index contributed by atoms with van der Waals surface area (Å²) in [5, 5.41) is 13.0. The molecule has 1 aromatic heterocycles. The van der Waals surface area contributed by atoms with E-state index in [1.807, 2.05) is 0 Å². The highest BCUT2D eigenvalue weighted by atomic mass is 79.9. The number of halogens is 1. The number of aromatic nitrogens is 2. The Morgan fingerprint density at radius 1 is 1.05 bits per heavy atom. The quantitative estimate of drug-likeness (QED) is 0.775. The van der Waals surface area contributed by atoms with E-state index in [1.165, 1.54) is 10.8 Å². The number of benzene rings is 2. The van der Waals surface area contributed by atoms with Crippen LogP contribution in [0.15, 0.2) is 40.9 Å². The molecule has 2 N–H and O–H groups in total. The molecular weight excluding hydrogens is 334 g/mol. The summed E-state index contributed by atoms with van der Waals surface area (Å²) in [7, 11) is 0. The van der Waals surface area contributed by atoms with Gasteiger partial charge in [0.05, 0.1) is 0 Å². The maximum absolute atomic E-state index is 5.52. The lowest BCUT2D eigenvalue weighted by Gasteiger charge is -2.01. The Kier molecular flexibility index (Phi) is 4.10. The van der Waals surface area contributed by atoms with Gasteiger partial charge in [-0.2, -0.15) is 0 Å². The summed E-state index contributed by atoms with van der Waals surface area (Å²) in [5.74, 6) is 0. The second kappa shape index (κ2) is 5.99. The maximum Gasteiger partial charge on any atom is 0.147 e. The normalized spacial score (nSPS) is 11.1. The van der Waals surface area contributed by atoms with E-state index in [0.29, 0.717) is 6.54 Å². The Bertz CT molecular complexity index is 739. The van der Waals surface area contributed by atoms with Crippen LogP contribution >= 0.6 is 27.3 Å². The van der Waals surface area contributed by atoms with Gasteiger partial charge in [0.1, 0.15) is 10.0 Å². The third-order valence-electron chi connectivity index (χ3n) is 3.11. The van der Waals surface area contributed by atoms with Crippen molar-refractivity contribution in [1.82, 2.24) is 10.2 Å². The molecule has 20 heavy (non-hydrogen) atoms. The van der Waals surface area contributed by atoms with E-state index in [1.54, 1.807) is 11.3 Å². The molecule has 5 heteroatoms. The monoisotopic (exact) mass is 347 g/mol. The van der Waals surface area contributed by atoms with Crippen LogP contribution in [0.4, 0.5) is 0 Å². The van der Waals surface area contributed by atoms with Crippen molar-refractivity contribution >= 4 is 38.0 Å². The van der Waals surface area contributed by atoms with Crippen molar-refractivity contribution in [3.63, 3.8) is 0 Å². The van der Waals surface area contributed by atoms with Gasteiger partial charge in [-0.1, -0.05) is 45.5 Å². The highest BCUT2D eigenvalue weighted by Crippen LogP contribution is 2.28. The zero-order valence-corrected chi connectivity index (χ0v) is 13.2. The van der Waals surface area contributed by atoms with Crippen molar-refractivity contribution < 1.29 is 0 Å². The van der Waals surface area contributed by atoms with Crippen LogP contribution in [0.3, 0.4) is 0 Å². The minimum absolute atomic E-state index is 0.694. The predicted molar refractivity (Wildman–Crippen MR) is 87.9 cm³/mol. The summed E-state index contributed by atoms with van der Waals surface area (Å²) >= 11 is 5.14. The summed E-state index contributed by atoms with van der Waals surface area (Å²) < 4.78 is 1.10. The molecule has 0 unspecified atom stereocenters. The number of nitrogens with two attached hydrogens (primary N) is 1. The van der Waals surface area contributed by atoms with Gasteiger partial charge in [0, 0.05) is 16.5 Å². The molecule has 3 nitrogen and oxygen atoms in total. The first-order chi connectivity index (χ1) is 9.76. The van der Waals surface area contributed by atoms with Crippen LogP contribution in [0.1, 0.15) is 11.4 Å². The molecule has 0 bridgehead atoms. The summed E-state index contributed by atoms with van der Waals surface area (Å²) in [6, 6.07) is 12.7. The van der Waals surface area contributed by atoms with Gasteiger partial charge >= 0.3 is 0 Å². The molecule has 0 radical (unpaired) electrons. The molecule has 0 aliphatic heterocycles. The molecule has 0 atom stereocenters. The average molecular weight is 348 g/mol. The Labute approximate surface area is 130 Å². The lowest BCUT2D eigenvalue weighted by atomic mass is 10.1. The molecule has 2 aromatic carbocycles. The first-order valence-corrected chi connectivity index (χ1v) is 8.09. The summed E-state index contributed by atoms with van der Waals surface area (Å²) in [4.78, 5) is 0. The molecular formula is C15H14BrN3S. The molecule has 1 heterocycles. The van der Waals surface area contributed by atoms with E-state index in [2.05, 4.69) is 62.5 Å². The van der Waals surface area contributed by atoms with Gasteiger partial charge in [0.15, 0.2) is 0 Å². The first-order valence-electron chi connectivity index (χ1n) is 6.48. The van der Waals surface area contributed by atoms with E-state index < -0.39 is 0 Å². The number of hydrogen-bond donors (Lipinski definition) is 1. The van der Waals surface area contributed by atoms with Crippen LogP contribution in [0.25, 0.3) is 21.3 Å². The van der Waals surface area contributed by atoms with Gasteiger partial charge in [-0.3, -0.25) is 0 Å². The summed E-state index contributed by atoms with van der Waals surface area (Å²) in [6.45, 7) is 0.694. The molecule has 3 aromatic rings. The van der Waals surface area contributed by atoms with Gasteiger partial charge in [0.2, 0.25) is 0 Å². The fourth-order valence-corrected chi connectivity index (χ4v) is 3.33. The summed E-state index contributed by atoms with van der Waals surface area (Å²) in [6.07, 6.45) is 1.87. The Morgan fingerprint density at radius 3 is 2.70 bits per heavy atom. The Morgan fingerprint density at radius 2 is 1.85 bits per heavy atom. The molecule has 0 aliphatic rings. The number of hydrogen-bond acceptors (Lipinski definition) is 4. The predicted octanol–water partition coefficient (Wildman–Crippen LogP) is 4.01. The van der Waals surface area contributed by atoms with E-state index >= 15 is 0 Å². The minimum atomic E-state index is 0.694. The number of rotatable bonds is 4. The van der Waals surface area contributed by atoms with E-state index in [9.17, 15) is 0 Å². The van der Waals surface area contributed by atoms with Gasteiger partial charge < -0.3 is 5.73 Å². The average Bonchev–Trinajstić information content (AvgIpc) is 2.93. The van der Waals surface area contributed by atoms with Gasteiger partial charge in [0.25, 0.3) is 0 Å². The SMILES string of the molecule is NCCCc1nnc(-c2ccc3cc(Br)ccc3c2)s1. The topological polar surface area (TPSA) is 51.8 Å². The molecule has 0 saturated heterocycles. The lowest BCUT2D eigenvalue weighted by Crippen LogP contribution is -1.99. The highest BCUT2D eigenvalue weighted by Gasteiger charge is 2.07. The third kappa shape index (κ3) is 2.90. The van der Waals surface area contributed by atoms with Crippen molar-refractivity contribution in [2.24, 2.45) is 5.73 Å². The Hall–Kier alpha value is -1.30. The second-order valence-corrected chi connectivity index (χ2v) is 6.58. The van der Waals surface area contributed by atoms with Crippen molar-refractivity contribution in [2.75, 3.05) is 6.54 Å². The smallest absolute Gasteiger partial charge is 0.147 e. The van der Waals surface area contributed by atoms with Crippen molar-refractivity contribution in [3.8, 4) is 10.6 Å². The number of aryl methyl sites for hydroxylation is 1. The van der Waals surface area contributed by atoms with Crippen LogP contribution in [-0.4, -0.2) is 16.7 Å². The molecule has 3 rings (SSSR count). The molecule has 102 valence electrons. The summed E-state index contributed by atoms with van der Waals surface area (Å²) in [5.41, 5.74) is 6.64. The van der Waals surface area contributed by atoms with Crippen LogP contribution in [-0.2, 0) is 6.42 Å². The molecule has 0 fully saturated rings. The van der Waals surface area contributed by atoms with Crippen LogP contribution in [0, 0.1) is 0 Å². The van der Waals surface area contributed by atoms with Gasteiger partial charge in [-0.25, -0.2) is 0 Å². The first kappa shape index (κ1) is 13.7. The largest absolute Gasteiger partial charge is 0.330 e. The van der Waals surface area contributed by atoms with Crippen LogP contribution in [0.2, 0.25) is 0 Å². The fourth-order valence-electron chi connectivity index (χ4n) is 2.07. The van der Waals surface area contributed by atoms with Crippen molar-refractivity contribution in [2.45, 2.75) is 12.8 Å². The van der Waals surface area contributed by atoms with Crippen molar-refractivity contribution in [1.29, 1.82) is 0 Å². The molecule has 0 spiro atoms. The fraction of sp³-hybridized carbons (Fsp3) is 0.200. The van der Waals surface area contributed by atoms with Crippen molar-refractivity contribution in [3.05, 3.63) is 45.9 Å². The lowest BCUT2D eigenvalue weighted by molar-refractivity contribution is 0.812. The minimum Gasteiger partial charge on any atom is -0.330 e. The third-order valence-corrected chi connectivity index (χ3v) is 4.64. The molecule has 0 saturated carbocycles. The van der Waals surface area contributed by atoms with Crippen LogP contribution < -0.4 is 5.73 Å². The number of fused-ring (bicyclic) bond motifs is 1. The van der Waals surface area contributed by atoms with Crippen LogP contribution in [0.5, 0.6) is 0 Å². The van der Waals surface area contributed by atoms with E-state index in [-0.39, 0.29) is 0 Å². The Balaban J connectivity index is 1.93. The zero-order chi connectivity index (χ0) is 13.9. The van der Waals surface area contributed by atoms with E-state index in [4.69, 9.17) is 5.73 Å².